The number of amides is 1. The van der Waals surface area contributed by atoms with Gasteiger partial charge < -0.3 is 5.32 Å². The van der Waals surface area contributed by atoms with Crippen molar-refractivity contribution in [3.63, 3.8) is 0 Å². The third kappa shape index (κ3) is 3.98. The molecule has 1 aliphatic carbocycles. The lowest BCUT2D eigenvalue weighted by Crippen LogP contribution is -2.26. The maximum Gasteiger partial charge on any atom is 0.249 e. The molecule has 2 aromatic rings. The Morgan fingerprint density at radius 1 is 1.48 bits per heavy atom. The van der Waals surface area contributed by atoms with Gasteiger partial charge in [-0.1, -0.05) is 20.8 Å². The number of nitriles is 1. The van der Waals surface area contributed by atoms with E-state index in [1.165, 1.54) is 11.0 Å². The number of rotatable bonds is 3. The number of carbonyl (C=O) groups is 1. The number of aromatic nitrogens is 2. The second kappa shape index (κ2) is 7.32. The Labute approximate surface area is 164 Å². The Hall–Kier alpha value is -2.39. The third-order valence-electron chi connectivity index (χ3n) is 5.53. The van der Waals surface area contributed by atoms with Gasteiger partial charge in [-0.2, -0.15) is 10.4 Å². The van der Waals surface area contributed by atoms with Gasteiger partial charge >= 0.3 is 0 Å². The van der Waals surface area contributed by atoms with Gasteiger partial charge in [0.05, 0.1) is 11.8 Å². The molecule has 2 aromatic heterocycles. The van der Waals surface area contributed by atoms with Gasteiger partial charge in [-0.05, 0) is 49.2 Å². The van der Waals surface area contributed by atoms with Crippen LogP contribution in [0.5, 0.6) is 0 Å². The molecule has 0 fully saturated rings. The Kier molecular flexibility index (Phi) is 5.25. The van der Waals surface area contributed by atoms with E-state index in [-0.39, 0.29) is 11.3 Å². The summed E-state index contributed by atoms with van der Waals surface area (Å²) in [7, 11) is 1.87. The van der Waals surface area contributed by atoms with Gasteiger partial charge in [-0.3, -0.25) is 9.48 Å². The molecule has 142 valence electrons. The van der Waals surface area contributed by atoms with Crippen LogP contribution < -0.4 is 5.32 Å². The number of carbonyl (C=O) groups excluding carboxylic acids is 1. The normalized spacial score (nSPS) is 17.0. The highest BCUT2D eigenvalue weighted by Gasteiger charge is 2.32. The number of anilines is 1. The Morgan fingerprint density at radius 3 is 2.81 bits per heavy atom. The first kappa shape index (κ1) is 19.4. The first-order chi connectivity index (χ1) is 12.7. The molecule has 1 N–H and O–H groups in total. The molecule has 0 aromatic carbocycles. The number of fused-ring (bicyclic) bond motifs is 1. The average Bonchev–Trinajstić information content (AvgIpc) is 3.11. The Balaban J connectivity index is 1.78. The first-order valence-corrected chi connectivity index (χ1v) is 10.0. The van der Waals surface area contributed by atoms with Gasteiger partial charge in [-0.25, -0.2) is 0 Å². The van der Waals surface area contributed by atoms with Crippen molar-refractivity contribution in [2.45, 2.75) is 47.0 Å². The van der Waals surface area contributed by atoms with E-state index in [2.05, 4.69) is 37.3 Å². The summed E-state index contributed by atoms with van der Waals surface area (Å²) < 4.78 is 1.77. The quantitative estimate of drug-likeness (QED) is 0.797. The summed E-state index contributed by atoms with van der Waals surface area (Å²) in [5.74, 6) is 0.382. The minimum absolute atomic E-state index is 0.222. The van der Waals surface area contributed by atoms with E-state index in [0.29, 0.717) is 16.5 Å². The summed E-state index contributed by atoms with van der Waals surface area (Å²) >= 11 is 1.56. The zero-order valence-corrected chi connectivity index (χ0v) is 17.4. The minimum atomic E-state index is -0.222. The summed E-state index contributed by atoms with van der Waals surface area (Å²) in [5.41, 5.74) is 3.93. The van der Waals surface area contributed by atoms with Gasteiger partial charge in [0.2, 0.25) is 5.91 Å². The molecule has 1 aliphatic rings. The second-order valence-corrected chi connectivity index (χ2v) is 9.36. The fraction of sp³-hybridized carbons (Fsp3) is 0.476. The molecule has 1 unspecified atom stereocenters. The monoisotopic (exact) mass is 382 g/mol. The Morgan fingerprint density at radius 2 is 2.22 bits per heavy atom. The molecule has 3 rings (SSSR count). The van der Waals surface area contributed by atoms with E-state index in [1.807, 2.05) is 14.0 Å². The van der Waals surface area contributed by atoms with E-state index in [0.717, 1.165) is 36.1 Å². The average molecular weight is 383 g/mol. The van der Waals surface area contributed by atoms with Gasteiger partial charge in [0.15, 0.2) is 0 Å². The standard InChI is InChI=1S/C21H26N4OS/c1-13-14(12-23-25(13)5)6-9-19(26)24-20-17(11-22)16-8-7-15(21(2,3)4)10-18(16)27-20/h6,9,12,15H,7-8,10H2,1-5H3,(H,24,26)/b9-6+. The molecule has 0 spiro atoms. The van der Waals surface area contributed by atoms with Crippen molar-refractivity contribution in [1.29, 1.82) is 5.26 Å². The van der Waals surface area contributed by atoms with Gasteiger partial charge in [0.25, 0.3) is 0 Å². The molecular weight excluding hydrogens is 356 g/mol. The highest BCUT2D eigenvalue weighted by molar-refractivity contribution is 7.16. The van der Waals surface area contributed by atoms with Crippen molar-refractivity contribution >= 4 is 28.3 Å². The van der Waals surface area contributed by atoms with Crippen LogP contribution in [0.3, 0.4) is 0 Å². The van der Waals surface area contributed by atoms with E-state index >= 15 is 0 Å². The number of aryl methyl sites for hydroxylation is 1. The van der Waals surface area contributed by atoms with Crippen molar-refractivity contribution < 1.29 is 4.79 Å². The molecule has 2 heterocycles. The topological polar surface area (TPSA) is 70.7 Å². The fourth-order valence-corrected chi connectivity index (χ4v) is 4.81. The third-order valence-corrected chi connectivity index (χ3v) is 6.70. The number of nitrogens with one attached hydrogen (secondary N) is 1. The van der Waals surface area contributed by atoms with E-state index in [1.54, 1.807) is 28.3 Å². The van der Waals surface area contributed by atoms with Crippen LogP contribution in [0.4, 0.5) is 5.00 Å². The maximum atomic E-state index is 12.4. The van der Waals surface area contributed by atoms with Crippen molar-refractivity contribution in [3.8, 4) is 6.07 Å². The van der Waals surface area contributed by atoms with Crippen molar-refractivity contribution in [2.24, 2.45) is 18.4 Å². The highest BCUT2D eigenvalue weighted by atomic mass is 32.1. The highest BCUT2D eigenvalue weighted by Crippen LogP contribution is 2.43. The van der Waals surface area contributed by atoms with Crippen LogP contribution in [-0.4, -0.2) is 15.7 Å². The van der Waals surface area contributed by atoms with Crippen molar-refractivity contribution in [3.05, 3.63) is 39.5 Å². The number of hydrogen-bond acceptors (Lipinski definition) is 4. The van der Waals surface area contributed by atoms with E-state index < -0.39 is 0 Å². The number of hydrogen-bond donors (Lipinski definition) is 1. The molecule has 0 radical (unpaired) electrons. The molecule has 1 atom stereocenters. The van der Waals surface area contributed by atoms with Crippen LogP contribution in [0.1, 0.15) is 54.5 Å². The lowest BCUT2D eigenvalue weighted by atomic mass is 9.72. The van der Waals surface area contributed by atoms with E-state index in [4.69, 9.17) is 0 Å². The van der Waals surface area contributed by atoms with Crippen LogP contribution in [-0.2, 0) is 24.7 Å². The molecule has 5 nitrogen and oxygen atoms in total. The zero-order valence-electron chi connectivity index (χ0n) is 16.6. The summed E-state index contributed by atoms with van der Waals surface area (Å²) in [6, 6.07) is 2.31. The lowest BCUT2D eigenvalue weighted by Gasteiger charge is -2.33. The van der Waals surface area contributed by atoms with Gasteiger partial charge in [0.1, 0.15) is 11.1 Å². The molecule has 0 bridgehead atoms. The van der Waals surface area contributed by atoms with Crippen LogP contribution in [0.25, 0.3) is 6.08 Å². The summed E-state index contributed by atoms with van der Waals surface area (Å²) in [4.78, 5) is 13.6. The molecular formula is C21H26N4OS. The van der Waals surface area contributed by atoms with Gasteiger partial charge in [-0.15, -0.1) is 11.3 Å². The molecule has 0 saturated heterocycles. The lowest BCUT2D eigenvalue weighted by molar-refractivity contribution is -0.111. The van der Waals surface area contributed by atoms with Crippen molar-refractivity contribution in [1.82, 2.24) is 9.78 Å². The minimum Gasteiger partial charge on any atom is -0.313 e. The predicted octanol–water partition coefficient (Wildman–Crippen LogP) is 4.46. The maximum absolute atomic E-state index is 12.4. The van der Waals surface area contributed by atoms with E-state index in [9.17, 15) is 10.1 Å². The fourth-order valence-electron chi connectivity index (χ4n) is 3.53. The molecule has 27 heavy (non-hydrogen) atoms. The van der Waals surface area contributed by atoms with Crippen LogP contribution in [0, 0.1) is 29.6 Å². The molecule has 1 amide bonds. The second-order valence-electron chi connectivity index (χ2n) is 8.26. The molecule has 0 saturated carbocycles. The number of nitrogens with zero attached hydrogens (tertiary/aromatic N) is 3. The molecule has 0 aliphatic heterocycles. The van der Waals surface area contributed by atoms with Crippen molar-refractivity contribution in [2.75, 3.05) is 5.32 Å². The summed E-state index contributed by atoms with van der Waals surface area (Å²) in [6.45, 7) is 8.78. The van der Waals surface area contributed by atoms with Crippen LogP contribution in [0.15, 0.2) is 12.3 Å². The number of thiophene rings is 1. The summed E-state index contributed by atoms with van der Waals surface area (Å²) in [6.07, 6.45) is 7.98. The summed E-state index contributed by atoms with van der Waals surface area (Å²) in [5, 5.41) is 17.4. The predicted molar refractivity (Wildman–Crippen MR) is 110 cm³/mol. The SMILES string of the molecule is Cc1c(/C=C/C(=O)Nc2sc3c(c2C#N)CCC(C(C)(C)C)C3)cnn1C. The first-order valence-electron chi connectivity index (χ1n) is 9.23. The van der Waals surface area contributed by atoms with Gasteiger partial charge in [0, 0.05) is 29.3 Å². The largest absolute Gasteiger partial charge is 0.313 e. The van der Waals surface area contributed by atoms with Crippen LogP contribution in [0.2, 0.25) is 0 Å². The molecule has 6 heteroatoms. The zero-order chi connectivity index (χ0) is 19.8. The smallest absolute Gasteiger partial charge is 0.249 e. The Bertz CT molecular complexity index is 937. The van der Waals surface area contributed by atoms with Crippen LogP contribution >= 0.6 is 11.3 Å².